The molecule has 0 unspecified atom stereocenters. The van der Waals surface area contributed by atoms with Crippen LogP contribution in [0.25, 0.3) is 0 Å². The van der Waals surface area contributed by atoms with Crippen molar-refractivity contribution in [3.05, 3.63) is 22.5 Å². The second-order valence-corrected chi connectivity index (χ2v) is 12.5. The van der Waals surface area contributed by atoms with Gasteiger partial charge in [-0.25, -0.2) is 9.18 Å². The number of aliphatic hydroxyl groups excluding tert-OH is 1. The number of halogens is 1. The maximum Gasteiger partial charge on any atom is 0.351 e. The van der Waals surface area contributed by atoms with Gasteiger partial charge in [0.15, 0.2) is 26.2 Å². The van der Waals surface area contributed by atoms with Crippen LogP contribution in [0.2, 0.25) is 18.1 Å². The van der Waals surface area contributed by atoms with Crippen molar-refractivity contribution in [2.45, 2.75) is 63.8 Å². The number of aliphatic hydroxyl groups is 1. The molecule has 0 amide bonds. The van der Waals surface area contributed by atoms with Crippen LogP contribution < -0.4 is 11.4 Å². The second kappa shape index (κ2) is 6.55. The van der Waals surface area contributed by atoms with Crippen molar-refractivity contribution < 1.29 is 18.7 Å². The molecule has 136 valence electrons. The summed E-state index contributed by atoms with van der Waals surface area (Å²) in [5, 5.41) is 10.2. The van der Waals surface area contributed by atoms with E-state index in [9.17, 15) is 14.3 Å². The fourth-order valence-corrected chi connectivity index (χ4v) is 3.28. The molecular formula is C15H26FN3O4Si. The van der Waals surface area contributed by atoms with Gasteiger partial charge in [-0.05, 0) is 18.1 Å². The van der Waals surface area contributed by atoms with E-state index >= 15 is 0 Å². The monoisotopic (exact) mass is 359 g/mol. The van der Waals surface area contributed by atoms with Crippen LogP contribution in [0, 0.1) is 5.82 Å². The van der Waals surface area contributed by atoms with Gasteiger partial charge in [0.25, 0.3) is 0 Å². The van der Waals surface area contributed by atoms with Crippen LogP contribution >= 0.6 is 0 Å². The van der Waals surface area contributed by atoms with E-state index in [4.69, 9.17) is 14.9 Å². The van der Waals surface area contributed by atoms with Gasteiger partial charge in [-0.2, -0.15) is 4.98 Å². The number of anilines is 1. The van der Waals surface area contributed by atoms with Crippen LogP contribution in [-0.4, -0.2) is 41.8 Å². The number of ether oxygens (including phenoxy) is 1. The Balaban J connectivity index is 2.08. The van der Waals surface area contributed by atoms with Gasteiger partial charge in [-0.15, -0.1) is 0 Å². The zero-order chi connectivity index (χ0) is 18.3. The first-order valence-electron chi connectivity index (χ1n) is 7.94. The lowest BCUT2D eigenvalue weighted by Gasteiger charge is -2.36. The van der Waals surface area contributed by atoms with Gasteiger partial charge in [0.1, 0.15) is 6.10 Å². The van der Waals surface area contributed by atoms with Crippen molar-refractivity contribution in [1.29, 1.82) is 0 Å². The van der Waals surface area contributed by atoms with E-state index in [0.29, 0.717) is 13.0 Å². The van der Waals surface area contributed by atoms with Crippen molar-refractivity contribution in [2.75, 3.05) is 12.3 Å². The molecule has 24 heavy (non-hydrogen) atoms. The number of hydrogen-bond acceptors (Lipinski definition) is 6. The van der Waals surface area contributed by atoms with Crippen molar-refractivity contribution in [2.24, 2.45) is 0 Å². The molecule has 0 aliphatic carbocycles. The van der Waals surface area contributed by atoms with E-state index in [1.807, 2.05) is 0 Å². The number of rotatable bonds is 4. The third kappa shape index (κ3) is 3.85. The largest absolute Gasteiger partial charge is 0.414 e. The predicted octanol–water partition coefficient (Wildman–Crippen LogP) is 1.63. The Bertz CT molecular complexity index is 659. The molecule has 0 radical (unpaired) electrons. The van der Waals surface area contributed by atoms with E-state index in [1.165, 1.54) is 0 Å². The summed E-state index contributed by atoms with van der Waals surface area (Å²) in [5.41, 5.74) is 4.51. The fraction of sp³-hybridized carbons (Fsp3) is 0.733. The van der Waals surface area contributed by atoms with Gasteiger partial charge in [-0.1, -0.05) is 20.8 Å². The van der Waals surface area contributed by atoms with Gasteiger partial charge >= 0.3 is 5.69 Å². The van der Waals surface area contributed by atoms with Crippen LogP contribution in [0.1, 0.15) is 33.4 Å². The van der Waals surface area contributed by atoms with Gasteiger partial charge in [0, 0.05) is 6.42 Å². The average molecular weight is 359 g/mol. The van der Waals surface area contributed by atoms with E-state index in [2.05, 4.69) is 38.8 Å². The van der Waals surface area contributed by atoms with Gasteiger partial charge in [0.2, 0.25) is 0 Å². The molecule has 0 saturated carbocycles. The summed E-state index contributed by atoms with van der Waals surface area (Å²) in [5.74, 6) is -1.30. The highest BCUT2D eigenvalue weighted by Crippen LogP contribution is 2.37. The fourth-order valence-electron chi connectivity index (χ4n) is 2.25. The maximum absolute atomic E-state index is 13.6. The average Bonchev–Trinajstić information content (AvgIpc) is 2.80. The molecule has 1 aromatic heterocycles. The Morgan fingerprint density at radius 3 is 2.75 bits per heavy atom. The summed E-state index contributed by atoms with van der Waals surface area (Å²) in [7, 11) is -1.94. The number of nitrogens with two attached hydrogens (primary N) is 1. The molecule has 1 fully saturated rings. The molecule has 1 aliphatic heterocycles. The van der Waals surface area contributed by atoms with Crippen molar-refractivity contribution >= 4 is 14.1 Å². The van der Waals surface area contributed by atoms with Gasteiger partial charge in [0.05, 0.1) is 18.9 Å². The Kier molecular flexibility index (Phi) is 5.19. The quantitative estimate of drug-likeness (QED) is 0.793. The van der Waals surface area contributed by atoms with E-state index in [1.54, 1.807) is 0 Å². The number of nitrogens with zero attached hydrogens (tertiary/aromatic N) is 2. The first kappa shape index (κ1) is 19.0. The third-order valence-electron chi connectivity index (χ3n) is 4.81. The number of hydrogen-bond donors (Lipinski definition) is 2. The standard InChI is InChI=1S/C15H26FN3O4Si/c1-15(2,3)24(4,5)22-8-9-6-11(20)13(23-9)19-7-10(16)12(17)18-14(19)21/h7,9,11,13,20H,6,8H2,1-5H3,(H2,17,18,21)/t9-,11+,13+/m1/s1. The predicted molar refractivity (Wildman–Crippen MR) is 90.6 cm³/mol. The lowest BCUT2D eigenvalue weighted by atomic mass is 10.2. The highest BCUT2D eigenvalue weighted by molar-refractivity contribution is 6.74. The second-order valence-electron chi connectivity index (χ2n) is 7.69. The lowest BCUT2D eigenvalue weighted by molar-refractivity contribution is -0.0518. The summed E-state index contributed by atoms with van der Waals surface area (Å²) >= 11 is 0. The number of aromatic nitrogens is 2. The molecule has 0 bridgehead atoms. The molecule has 3 atom stereocenters. The summed E-state index contributed by atoms with van der Waals surface area (Å²) in [6, 6.07) is 0. The summed E-state index contributed by atoms with van der Waals surface area (Å²) in [6.07, 6.45) is -1.09. The van der Waals surface area contributed by atoms with Crippen molar-refractivity contribution in [3.63, 3.8) is 0 Å². The molecule has 1 saturated heterocycles. The Hall–Kier alpha value is -1.29. The summed E-state index contributed by atoms with van der Waals surface area (Å²) in [4.78, 5) is 15.3. The normalized spacial score (nSPS) is 25.2. The Labute approximate surface area is 141 Å². The molecule has 2 heterocycles. The highest BCUT2D eigenvalue weighted by Gasteiger charge is 2.41. The maximum atomic E-state index is 13.6. The molecule has 3 N–H and O–H groups in total. The minimum Gasteiger partial charge on any atom is -0.414 e. The molecule has 0 aromatic carbocycles. The summed E-state index contributed by atoms with van der Waals surface area (Å²) in [6.45, 7) is 11.0. The minimum atomic E-state index is -1.94. The molecular weight excluding hydrogens is 333 g/mol. The smallest absolute Gasteiger partial charge is 0.351 e. The van der Waals surface area contributed by atoms with Crippen molar-refractivity contribution in [3.8, 4) is 0 Å². The lowest BCUT2D eigenvalue weighted by Crippen LogP contribution is -2.42. The Morgan fingerprint density at radius 1 is 1.54 bits per heavy atom. The molecule has 0 spiro atoms. The van der Waals surface area contributed by atoms with Crippen LogP contribution in [-0.2, 0) is 9.16 Å². The van der Waals surface area contributed by atoms with E-state index in [0.717, 1.165) is 10.8 Å². The SMILES string of the molecule is CC(C)(C)[Si](C)(C)OC[C@H]1C[C@H](O)[C@@H](n2cc(F)c(N)nc2=O)O1. The molecule has 1 aliphatic rings. The zero-order valence-electron chi connectivity index (χ0n) is 14.7. The van der Waals surface area contributed by atoms with Gasteiger partial charge < -0.3 is 20.0 Å². The Morgan fingerprint density at radius 2 is 2.17 bits per heavy atom. The van der Waals surface area contributed by atoms with Crippen LogP contribution in [0.5, 0.6) is 0 Å². The van der Waals surface area contributed by atoms with E-state index in [-0.39, 0.29) is 11.1 Å². The first-order chi connectivity index (χ1) is 10.9. The zero-order valence-corrected chi connectivity index (χ0v) is 15.7. The number of nitrogen functional groups attached to an aromatic ring is 1. The topological polar surface area (TPSA) is 99.6 Å². The summed E-state index contributed by atoms with van der Waals surface area (Å²) < 4.78 is 26.3. The molecule has 2 rings (SSSR count). The molecule has 9 heteroatoms. The van der Waals surface area contributed by atoms with Crippen LogP contribution in [0.3, 0.4) is 0 Å². The first-order valence-corrected chi connectivity index (χ1v) is 10.8. The van der Waals surface area contributed by atoms with Crippen LogP contribution in [0.4, 0.5) is 10.2 Å². The third-order valence-corrected chi connectivity index (χ3v) is 9.31. The molecule has 1 aromatic rings. The minimum absolute atomic E-state index is 0.0601. The molecule has 7 nitrogen and oxygen atoms in total. The van der Waals surface area contributed by atoms with E-state index < -0.39 is 38.0 Å². The van der Waals surface area contributed by atoms with Crippen molar-refractivity contribution in [1.82, 2.24) is 9.55 Å². The van der Waals surface area contributed by atoms with Gasteiger partial charge in [-0.3, -0.25) is 4.57 Å². The van der Waals surface area contributed by atoms with Crippen LogP contribution in [0.15, 0.2) is 11.0 Å². The highest BCUT2D eigenvalue weighted by atomic mass is 28.4.